The average molecular weight is 327 g/mol. The Morgan fingerprint density at radius 1 is 1.13 bits per heavy atom. The van der Waals surface area contributed by atoms with Crippen molar-refractivity contribution >= 4 is 11.4 Å². The highest BCUT2D eigenvalue weighted by atomic mass is 19.2. The van der Waals surface area contributed by atoms with Crippen LogP contribution in [0.4, 0.5) is 20.2 Å². The summed E-state index contributed by atoms with van der Waals surface area (Å²) in [6, 6.07) is 3.26. The van der Waals surface area contributed by atoms with Crippen molar-refractivity contribution in [3.05, 3.63) is 23.8 Å². The van der Waals surface area contributed by atoms with Gasteiger partial charge in [-0.05, 0) is 45.4 Å². The summed E-state index contributed by atoms with van der Waals surface area (Å²) in [5.74, 6) is -1.61. The molecule has 6 heteroatoms. The van der Waals surface area contributed by atoms with Gasteiger partial charge in [0.25, 0.3) is 0 Å². The van der Waals surface area contributed by atoms with Gasteiger partial charge in [0.1, 0.15) is 0 Å². The highest BCUT2D eigenvalue weighted by Gasteiger charge is 2.26. The molecule has 0 saturated carbocycles. The maximum Gasteiger partial charge on any atom is 0.184 e. The predicted octanol–water partition coefficient (Wildman–Crippen LogP) is 3.12. The topological polar surface area (TPSA) is 50.5 Å². The van der Waals surface area contributed by atoms with E-state index in [4.69, 9.17) is 10.5 Å². The summed E-state index contributed by atoms with van der Waals surface area (Å²) in [6.45, 7) is 6.27. The van der Waals surface area contributed by atoms with Crippen molar-refractivity contribution in [2.75, 3.05) is 36.4 Å². The number of nitrogens with zero attached hydrogens (tertiary/aromatic N) is 1. The third-order valence-corrected chi connectivity index (χ3v) is 4.02. The molecule has 4 nitrogen and oxygen atoms in total. The number of hydrogen-bond donors (Lipinski definition) is 2. The summed E-state index contributed by atoms with van der Waals surface area (Å²) in [6.07, 6.45) is 2.82. The Hall–Kier alpha value is -1.40. The maximum atomic E-state index is 14.4. The van der Waals surface area contributed by atoms with Gasteiger partial charge in [0.15, 0.2) is 11.6 Å². The van der Waals surface area contributed by atoms with Crippen LogP contribution in [0.25, 0.3) is 0 Å². The van der Waals surface area contributed by atoms with Crippen LogP contribution in [0.1, 0.15) is 33.1 Å². The normalized spacial score (nSPS) is 21.5. The van der Waals surface area contributed by atoms with Crippen LogP contribution in [-0.4, -0.2) is 38.4 Å². The van der Waals surface area contributed by atoms with E-state index in [0.29, 0.717) is 31.9 Å². The number of ether oxygens (including phenoxy) is 1. The highest BCUT2D eigenvalue weighted by molar-refractivity contribution is 5.57. The third-order valence-electron chi connectivity index (χ3n) is 4.02. The predicted molar refractivity (Wildman–Crippen MR) is 90.0 cm³/mol. The molecule has 1 saturated heterocycles. The maximum absolute atomic E-state index is 14.4. The molecule has 2 rings (SSSR count). The second-order valence-electron chi connectivity index (χ2n) is 6.20. The summed E-state index contributed by atoms with van der Waals surface area (Å²) in [7, 11) is 0. The molecular formula is C17H27F2N3O. The summed E-state index contributed by atoms with van der Waals surface area (Å²) in [5.41, 5.74) is 5.95. The van der Waals surface area contributed by atoms with Crippen molar-refractivity contribution in [3.8, 4) is 0 Å². The van der Waals surface area contributed by atoms with E-state index in [1.54, 1.807) is 12.1 Å². The fourth-order valence-electron chi connectivity index (χ4n) is 2.96. The van der Waals surface area contributed by atoms with Gasteiger partial charge in [0.05, 0.1) is 23.6 Å². The van der Waals surface area contributed by atoms with Crippen molar-refractivity contribution in [3.63, 3.8) is 0 Å². The zero-order valence-corrected chi connectivity index (χ0v) is 13.9. The molecule has 0 aliphatic carbocycles. The van der Waals surface area contributed by atoms with Crippen LogP contribution in [-0.2, 0) is 4.74 Å². The minimum atomic E-state index is -0.812. The fraction of sp³-hybridized carbons (Fsp3) is 0.647. The van der Waals surface area contributed by atoms with E-state index in [-0.39, 0.29) is 17.9 Å². The van der Waals surface area contributed by atoms with Crippen LogP contribution in [0.5, 0.6) is 0 Å². The molecule has 0 aromatic heterocycles. The molecule has 1 aliphatic rings. The lowest BCUT2D eigenvalue weighted by molar-refractivity contribution is -0.00542. The Labute approximate surface area is 137 Å². The van der Waals surface area contributed by atoms with E-state index in [2.05, 4.69) is 5.32 Å². The number of unbranched alkanes of at least 4 members (excludes halogenated alkanes) is 2. The quantitative estimate of drug-likeness (QED) is 0.756. The van der Waals surface area contributed by atoms with E-state index in [9.17, 15) is 8.78 Å². The van der Waals surface area contributed by atoms with Gasteiger partial charge in [0, 0.05) is 19.6 Å². The van der Waals surface area contributed by atoms with Gasteiger partial charge in [-0.3, -0.25) is 0 Å². The van der Waals surface area contributed by atoms with Crippen molar-refractivity contribution < 1.29 is 13.5 Å². The lowest BCUT2D eigenvalue weighted by Crippen LogP contribution is -2.45. The molecule has 0 radical (unpaired) electrons. The number of nitrogens with one attached hydrogen (secondary N) is 1. The first-order valence-electron chi connectivity index (χ1n) is 8.35. The van der Waals surface area contributed by atoms with E-state index >= 15 is 0 Å². The summed E-state index contributed by atoms with van der Waals surface area (Å²) in [4.78, 5) is 1.85. The molecule has 1 aromatic carbocycles. The second kappa shape index (κ2) is 8.45. The Morgan fingerprint density at radius 2 is 1.83 bits per heavy atom. The summed E-state index contributed by atoms with van der Waals surface area (Å²) >= 11 is 0. The first-order valence-corrected chi connectivity index (χ1v) is 8.35. The molecule has 2 atom stereocenters. The van der Waals surface area contributed by atoms with Gasteiger partial charge in [-0.25, -0.2) is 8.78 Å². The zero-order chi connectivity index (χ0) is 16.8. The smallest absolute Gasteiger partial charge is 0.184 e. The number of anilines is 2. The standard InChI is InChI=1S/C17H27F2N3O/c1-12-10-22(11-13(2)23-12)15-7-6-14(16(18)17(15)19)21-9-5-3-4-8-20/h6-7,12-13,21H,3-5,8-11,20H2,1-2H3/t12-,13+. The highest BCUT2D eigenvalue weighted by Crippen LogP contribution is 2.29. The number of halogens is 2. The van der Waals surface area contributed by atoms with Crippen molar-refractivity contribution in [2.24, 2.45) is 5.73 Å². The van der Waals surface area contributed by atoms with Gasteiger partial charge >= 0.3 is 0 Å². The Morgan fingerprint density at radius 3 is 2.48 bits per heavy atom. The van der Waals surface area contributed by atoms with Crippen LogP contribution >= 0.6 is 0 Å². The molecule has 1 fully saturated rings. The minimum Gasteiger partial charge on any atom is -0.383 e. The van der Waals surface area contributed by atoms with Gasteiger partial charge in [-0.2, -0.15) is 0 Å². The zero-order valence-electron chi connectivity index (χ0n) is 13.9. The van der Waals surface area contributed by atoms with Crippen molar-refractivity contribution in [2.45, 2.75) is 45.3 Å². The van der Waals surface area contributed by atoms with E-state index < -0.39 is 11.6 Å². The number of benzene rings is 1. The van der Waals surface area contributed by atoms with Crippen molar-refractivity contribution in [1.29, 1.82) is 0 Å². The average Bonchev–Trinajstić information content (AvgIpc) is 2.50. The molecule has 1 heterocycles. The lowest BCUT2D eigenvalue weighted by Gasteiger charge is -2.37. The molecule has 0 spiro atoms. The van der Waals surface area contributed by atoms with Crippen molar-refractivity contribution in [1.82, 2.24) is 0 Å². The lowest BCUT2D eigenvalue weighted by atomic mass is 10.1. The first kappa shape index (κ1) is 17.9. The van der Waals surface area contributed by atoms with E-state index in [0.717, 1.165) is 19.3 Å². The first-order chi connectivity index (χ1) is 11.0. The van der Waals surface area contributed by atoms with Crippen LogP contribution in [0.3, 0.4) is 0 Å². The molecule has 1 aromatic rings. The monoisotopic (exact) mass is 327 g/mol. The molecule has 130 valence electrons. The van der Waals surface area contributed by atoms with Crippen LogP contribution < -0.4 is 16.0 Å². The van der Waals surface area contributed by atoms with Crippen LogP contribution in [0.15, 0.2) is 12.1 Å². The Bertz CT molecular complexity index is 503. The van der Waals surface area contributed by atoms with E-state index in [1.165, 1.54) is 0 Å². The van der Waals surface area contributed by atoms with Gasteiger partial charge < -0.3 is 20.7 Å². The molecule has 0 amide bonds. The second-order valence-corrected chi connectivity index (χ2v) is 6.20. The van der Waals surface area contributed by atoms with Crippen LogP contribution in [0.2, 0.25) is 0 Å². The Kier molecular flexibility index (Phi) is 6.59. The summed E-state index contributed by atoms with van der Waals surface area (Å²) < 4.78 is 34.3. The largest absolute Gasteiger partial charge is 0.383 e. The van der Waals surface area contributed by atoms with Gasteiger partial charge in [-0.15, -0.1) is 0 Å². The number of rotatable bonds is 7. The summed E-state index contributed by atoms with van der Waals surface area (Å²) in [5, 5.41) is 2.96. The number of hydrogen-bond acceptors (Lipinski definition) is 4. The number of nitrogens with two attached hydrogens (primary N) is 1. The molecule has 0 unspecified atom stereocenters. The molecule has 23 heavy (non-hydrogen) atoms. The molecule has 0 bridgehead atoms. The minimum absolute atomic E-state index is 0.00144. The molecular weight excluding hydrogens is 300 g/mol. The molecule has 1 aliphatic heterocycles. The van der Waals surface area contributed by atoms with Gasteiger partial charge in [-0.1, -0.05) is 6.42 Å². The SMILES string of the molecule is C[C@@H]1CN(c2ccc(NCCCCCN)c(F)c2F)C[C@H](C)O1. The molecule has 3 N–H and O–H groups in total. The third kappa shape index (κ3) is 4.78. The Balaban J connectivity index is 2.02. The number of morpholine rings is 1. The van der Waals surface area contributed by atoms with E-state index in [1.807, 2.05) is 18.7 Å². The van der Waals surface area contributed by atoms with Crippen LogP contribution in [0, 0.1) is 11.6 Å². The van der Waals surface area contributed by atoms with Gasteiger partial charge in [0.2, 0.25) is 0 Å². The fourth-order valence-corrected chi connectivity index (χ4v) is 2.96.